The van der Waals surface area contributed by atoms with Crippen LogP contribution in [0, 0.1) is 5.41 Å². The van der Waals surface area contributed by atoms with Crippen molar-refractivity contribution in [1.82, 2.24) is 0 Å². The van der Waals surface area contributed by atoms with E-state index in [4.69, 9.17) is 5.73 Å². The maximum atomic E-state index is 11.2. The summed E-state index contributed by atoms with van der Waals surface area (Å²) in [4.78, 5) is 11.2. The second-order valence-corrected chi connectivity index (χ2v) is 6.02. The predicted molar refractivity (Wildman–Crippen MR) is 44.6 cm³/mol. The summed E-state index contributed by atoms with van der Waals surface area (Å²) in [5, 5.41) is 0. The minimum absolute atomic E-state index is 0.0333. The van der Waals surface area contributed by atoms with Crippen LogP contribution in [-0.2, 0) is 19.4 Å². The Hall–Kier alpha value is -0.620. The summed E-state index contributed by atoms with van der Waals surface area (Å²) >= 11 is 0. The molecule has 0 radical (unpaired) electrons. The van der Waals surface area contributed by atoms with Crippen molar-refractivity contribution in [2.24, 2.45) is 11.1 Å². The number of hydrogen-bond acceptors (Lipinski definition) is 5. The molecule has 2 rings (SSSR count). The number of nitrogens with two attached hydrogens (primary N) is 1. The highest BCUT2D eigenvalue weighted by molar-refractivity contribution is 7.92. The molecule has 1 saturated carbocycles. The minimum atomic E-state index is -2.93. The van der Waals surface area contributed by atoms with Crippen LogP contribution >= 0.6 is 0 Å². The van der Waals surface area contributed by atoms with Crippen molar-refractivity contribution in [1.29, 1.82) is 0 Å². The smallest absolute Gasteiger partial charge is 0.326 e. The highest BCUT2D eigenvalue weighted by Gasteiger charge is 2.77. The van der Waals surface area contributed by atoms with E-state index in [9.17, 15) is 13.2 Å². The Morgan fingerprint density at radius 1 is 1.46 bits per heavy atom. The van der Waals surface area contributed by atoms with E-state index in [-0.39, 0.29) is 11.5 Å². The molecule has 13 heavy (non-hydrogen) atoms. The zero-order valence-electron chi connectivity index (χ0n) is 7.24. The van der Waals surface area contributed by atoms with Crippen LogP contribution in [0.3, 0.4) is 0 Å². The Morgan fingerprint density at radius 3 is 2.38 bits per heavy atom. The van der Waals surface area contributed by atoms with Gasteiger partial charge in [-0.3, -0.25) is 4.79 Å². The summed E-state index contributed by atoms with van der Waals surface area (Å²) in [6.07, 6.45) is 0.436. The van der Waals surface area contributed by atoms with E-state index in [2.05, 4.69) is 4.74 Å². The first-order chi connectivity index (χ1) is 5.85. The second-order valence-electron chi connectivity index (χ2n) is 3.95. The van der Waals surface area contributed by atoms with Gasteiger partial charge in [0.1, 0.15) is 5.54 Å². The summed E-state index contributed by atoms with van der Waals surface area (Å²) in [5.74, 6) is -0.431. The molecule has 2 N–H and O–H groups in total. The molecule has 1 atom stereocenters. The Bertz CT molecular complexity index is 362. The molecule has 1 heterocycles. The van der Waals surface area contributed by atoms with Gasteiger partial charge >= 0.3 is 5.97 Å². The van der Waals surface area contributed by atoms with Crippen LogP contribution in [0.5, 0.6) is 0 Å². The van der Waals surface area contributed by atoms with E-state index in [0.717, 1.165) is 0 Å². The summed E-state index contributed by atoms with van der Waals surface area (Å²) in [6.45, 7) is 0. The monoisotopic (exact) mass is 205 g/mol. The number of hydrogen-bond donors (Lipinski definition) is 1. The van der Waals surface area contributed by atoms with Gasteiger partial charge in [-0.1, -0.05) is 0 Å². The van der Waals surface area contributed by atoms with Gasteiger partial charge in [0.05, 0.1) is 18.6 Å². The van der Waals surface area contributed by atoms with Gasteiger partial charge in [-0.15, -0.1) is 0 Å². The Morgan fingerprint density at radius 2 is 2.00 bits per heavy atom. The summed E-state index contributed by atoms with van der Waals surface area (Å²) in [5.41, 5.74) is 4.19. The number of methoxy groups -OCH3 is 1. The molecule has 0 aromatic carbocycles. The average Bonchev–Trinajstić information content (AvgIpc) is 2.54. The Balaban J connectivity index is 2.15. The van der Waals surface area contributed by atoms with Gasteiger partial charge < -0.3 is 10.5 Å². The van der Waals surface area contributed by atoms with Crippen LogP contribution in [0.2, 0.25) is 0 Å². The van der Waals surface area contributed by atoms with Crippen molar-refractivity contribution in [2.45, 2.75) is 12.0 Å². The number of carbonyl (C=O) groups excluding carboxylic acids is 1. The van der Waals surface area contributed by atoms with Gasteiger partial charge in [-0.05, 0) is 6.42 Å². The van der Waals surface area contributed by atoms with Crippen LogP contribution < -0.4 is 5.73 Å². The molecule has 0 amide bonds. The SMILES string of the molecule is COC(=O)C1(N)CC12CS(=O)(=O)C2. The minimum Gasteiger partial charge on any atom is -0.468 e. The predicted octanol–water partition coefficient (Wildman–Crippen LogP) is -1.32. The van der Waals surface area contributed by atoms with Gasteiger partial charge in [0.2, 0.25) is 0 Å². The van der Waals surface area contributed by atoms with Gasteiger partial charge in [-0.25, -0.2) is 8.42 Å². The molecule has 1 saturated heterocycles. The molecule has 1 unspecified atom stereocenters. The Kier molecular flexibility index (Phi) is 1.42. The number of carbonyl (C=O) groups is 1. The standard InChI is InChI=1S/C7H11NO4S/c1-12-5(9)7(8)2-6(7)3-13(10,11)4-6/h2-4,8H2,1H3. The van der Waals surface area contributed by atoms with E-state index in [1.54, 1.807) is 0 Å². The lowest BCUT2D eigenvalue weighted by Crippen LogP contribution is -2.51. The molecule has 1 aliphatic carbocycles. The lowest BCUT2D eigenvalue weighted by Gasteiger charge is -2.29. The zero-order valence-corrected chi connectivity index (χ0v) is 8.06. The van der Waals surface area contributed by atoms with E-state index in [1.807, 2.05) is 0 Å². The number of ether oxygens (including phenoxy) is 1. The lowest BCUT2D eigenvalue weighted by molar-refractivity contribution is -0.144. The molecule has 1 aliphatic heterocycles. The topological polar surface area (TPSA) is 86.5 Å². The fourth-order valence-corrected chi connectivity index (χ4v) is 4.44. The highest BCUT2D eigenvalue weighted by atomic mass is 32.2. The van der Waals surface area contributed by atoms with Crippen molar-refractivity contribution in [3.05, 3.63) is 0 Å². The van der Waals surface area contributed by atoms with Crippen LogP contribution in [0.4, 0.5) is 0 Å². The molecule has 2 aliphatic rings. The maximum absolute atomic E-state index is 11.2. The summed E-state index contributed by atoms with van der Waals surface area (Å²) in [7, 11) is -1.67. The second kappa shape index (κ2) is 2.06. The van der Waals surface area contributed by atoms with E-state index < -0.39 is 26.8 Å². The third kappa shape index (κ3) is 0.955. The van der Waals surface area contributed by atoms with E-state index >= 15 is 0 Å². The van der Waals surface area contributed by atoms with Crippen LogP contribution in [0.25, 0.3) is 0 Å². The van der Waals surface area contributed by atoms with Crippen LogP contribution in [0.15, 0.2) is 0 Å². The summed E-state index contributed by atoms with van der Waals surface area (Å²) < 4.78 is 26.4. The zero-order chi connectivity index (χ0) is 9.91. The third-order valence-corrected chi connectivity index (χ3v) is 4.97. The lowest BCUT2D eigenvalue weighted by atomic mass is 10.0. The molecule has 2 fully saturated rings. The third-order valence-electron chi connectivity index (χ3n) is 2.98. The first-order valence-corrected chi connectivity index (χ1v) is 5.75. The van der Waals surface area contributed by atoms with Crippen molar-refractivity contribution < 1.29 is 17.9 Å². The summed E-state index contributed by atoms with van der Waals surface area (Å²) in [6, 6.07) is 0. The van der Waals surface area contributed by atoms with Gasteiger partial charge in [-0.2, -0.15) is 0 Å². The van der Waals surface area contributed by atoms with Crippen molar-refractivity contribution in [2.75, 3.05) is 18.6 Å². The highest BCUT2D eigenvalue weighted by Crippen LogP contribution is 2.61. The molecule has 6 heteroatoms. The first kappa shape index (κ1) is 8.96. The van der Waals surface area contributed by atoms with E-state index in [1.165, 1.54) is 7.11 Å². The van der Waals surface area contributed by atoms with Crippen LogP contribution in [-0.4, -0.2) is 38.5 Å². The fraction of sp³-hybridized carbons (Fsp3) is 0.857. The molecular weight excluding hydrogens is 194 g/mol. The van der Waals surface area contributed by atoms with Crippen molar-refractivity contribution in [3.63, 3.8) is 0 Å². The van der Waals surface area contributed by atoms with Gasteiger partial charge in [0.15, 0.2) is 9.84 Å². The molecule has 0 aromatic rings. The average molecular weight is 205 g/mol. The normalized spacial score (nSPS) is 38.0. The van der Waals surface area contributed by atoms with Crippen LogP contribution in [0.1, 0.15) is 6.42 Å². The maximum Gasteiger partial charge on any atom is 0.326 e. The number of sulfone groups is 1. The largest absolute Gasteiger partial charge is 0.468 e. The van der Waals surface area contributed by atoms with E-state index in [0.29, 0.717) is 6.42 Å². The Labute approximate surface area is 76.2 Å². The van der Waals surface area contributed by atoms with Crippen molar-refractivity contribution in [3.8, 4) is 0 Å². The molecular formula is C7H11NO4S. The molecule has 0 aromatic heterocycles. The number of esters is 1. The molecule has 5 nitrogen and oxygen atoms in total. The fourth-order valence-electron chi connectivity index (χ4n) is 2.12. The quantitative estimate of drug-likeness (QED) is 0.536. The molecule has 1 spiro atoms. The number of rotatable bonds is 1. The van der Waals surface area contributed by atoms with Gasteiger partial charge in [0, 0.05) is 5.41 Å². The molecule has 74 valence electrons. The first-order valence-electron chi connectivity index (χ1n) is 3.93. The molecule has 0 bridgehead atoms. The van der Waals surface area contributed by atoms with Crippen molar-refractivity contribution >= 4 is 15.8 Å². The van der Waals surface area contributed by atoms with Gasteiger partial charge in [0.25, 0.3) is 0 Å².